The minimum atomic E-state index is -0.0655. The van der Waals surface area contributed by atoms with E-state index >= 15 is 0 Å². The van der Waals surface area contributed by atoms with Crippen LogP contribution in [0.5, 0.6) is 0 Å². The molecule has 0 heterocycles. The van der Waals surface area contributed by atoms with Gasteiger partial charge in [0, 0.05) is 14.6 Å². The molecule has 0 saturated carbocycles. The van der Waals surface area contributed by atoms with Crippen LogP contribution in [0.1, 0.15) is 15.9 Å². The van der Waals surface area contributed by atoms with Gasteiger partial charge in [0.1, 0.15) is 0 Å². The Balaban J connectivity index is 2.06. The Morgan fingerprint density at radius 3 is 2.61 bits per heavy atom. The minimum absolute atomic E-state index is 0.0655. The predicted octanol–water partition coefficient (Wildman–Crippen LogP) is 3.98. The molecular formula is C14H11BrINO. The summed E-state index contributed by atoms with van der Waals surface area (Å²) in [6.07, 6.45) is 0. The topological polar surface area (TPSA) is 29.1 Å². The SMILES string of the molecule is O=C(NCc1ccccc1)c1cc(I)ccc1Br. The molecule has 2 rings (SSSR count). The Labute approximate surface area is 128 Å². The summed E-state index contributed by atoms with van der Waals surface area (Å²) in [5, 5.41) is 2.91. The summed E-state index contributed by atoms with van der Waals surface area (Å²) in [7, 11) is 0. The van der Waals surface area contributed by atoms with Crippen LogP contribution < -0.4 is 5.32 Å². The van der Waals surface area contributed by atoms with Crippen molar-refractivity contribution in [1.82, 2.24) is 5.32 Å². The molecule has 0 spiro atoms. The number of hydrogen-bond acceptors (Lipinski definition) is 1. The molecule has 2 aromatic carbocycles. The first-order chi connectivity index (χ1) is 8.66. The summed E-state index contributed by atoms with van der Waals surface area (Å²) in [6.45, 7) is 0.539. The van der Waals surface area contributed by atoms with Crippen LogP contribution in [-0.4, -0.2) is 5.91 Å². The molecule has 0 radical (unpaired) electrons. The number of benzene rings is 2. The maximum absolute atomic E-state index is 12.0. The minimum Gasteiger partial charge on any atom is -0.348 e. The van der Waals surface area contributed by atoms with Gasteiger partial charge in [-0.2, -0.15) is 0 Å². The van der Waals surface area contributed by atoms with Crippen molar-refractivity contribution in [3.8, 4) is 0 Å². The Morgan fingerprint density at radius 2 is 1.89 bits per heavy atom. The summed E-state index contributed by atoms with van der Waals surface area (Å²) >= 11 is 5.59. The van der Waals surface area contributed by atoms with E-state index in [9.17, 15) is 4.79 Å². The van der Waals surface area contributed by atoms with E-state index in [1.807, 2.05) is 48.5 Å². The van der Waals surface area contributed by atoms with E-state index in [0.29, 0.717) is 12.1 Å². The number of rotatable bonds is 3. The first kappa shape index (κ1) is 13.5. The zero-order chi connectivity index (χ0) is 13.0. The molecule has 18 heavy (non-hydrogen) atoms. The summed E-state index contributed by atoms with van der Waals surface area (Å²) in [4.78, 5) is 12.0. The maximum atomic E-state index is 12.0. The molecule has 0 aliphatic carbocycles. The Bertz CT molecular complexity index is 557. The van der Waals surface area contributed by atoms with E-state index in [1.165, 1.54) is 0 Å². The number of hydrogen-bond donors (Lipinski definition) is 1. The lowest BCUT2D eigenvalue weighted by Gasteiger charge is -2.07. The monoisotopic (exact) mass is 415 g/mol. The molecule has 0 atom stereocenters. The first-order valence-electron chi connectivity index (χ1n) is 5.44. The summed E-state index contributed by atoms with van der Waals surface area (Å²) in [6, 6.07) is 15.6. The molecule has 0 saturated heterocycles. The molecule has 1 N–H and O–H groups in total. The fraction of sp³-hybridized carbons (Fsp3) is 0.0714. The van der Waals surface area contributed by atoms with Crippen molar-refractivity contribution in [2.75, 3.05) is 0 Å². The van der Waals surface area contributed by atoms with E-state index in [1.54, 1.807) is 0 Å². The van der Waals surface area contributed by atoms with E-state index in [0.717, 1.165) is 13.6 Å². The second-order valence-electron chi connectivity index (χ2n) is 3.79. The largest absolute Gasteiger partial charge is 0.348 e. The summed E-state index contributed by atoms with van der Waals surface area (Å²) in [5.74, 6) is -0.0655. The van der Waals surface area contributed by atoms with Crippen molar-refractivity contribution in [3.05, 3.63) is 67.7 Å². The molecule has 0 aliphatic rings. The molecule has 1 amide bonds. The van der Waals surface area contributed by atoms with Gasteiger partial charge in [-0.1, -0.05) is 30.3 Å². The molecule has 4 heteroatoms. The average molecular weight is 416 g/mol. The van der Waals surface area contributed by atoms with Gasteiger partial charge in [-0.25, -0.2) is 0 Å². The molecule has 0 unspecified atom stereocenters. The highest BCUT2D eigenvalue weighted by atomic mass is 127. The number of halogens is 2. The van der Waals surface area contributed by atoms with Crippen molar-refractivity contribution in [2.24, 2.45) is 0 Å². The number of nitrogens with one attached hydrogen (secondary N) is 1. The number of carbonyl (C=O) groups is 1. The van der Waals surface area contributed by atoms with Crippen LogP contribution in [0.25, 0.3) is 0 Å². The fourth-order valence-corrected chi connectivity index (χ4v) is 2.46. The zero-order valence-corrected chi connectivity index (χ0v) is 13.2. The van der Waals surface area contributed by atoms with Gasteiger partial charge in [0.15, 0.2) is 0 Å². The van der Waals surface area contributed by atoms with Crippen molar-refractivity contribution in [1.29, 1.82) is 0 Å². The van der Waals surface area contributed by atoms with Crippen LogP contribution in [-0.2, 0) is 6.54 Å². The molecule has 0 bridgehead atoms. The molecule has 92 valence electrons. The smallest absolute Gasteiger partial charge is 0.252 e. The van der Waals surface area contributed by atoms with Crippen LogP contribution >= 0.6 is 38.5 Å². The molecule has 0 aliphatic heterocycles. The van der Waals surface area contributed by atoms with Gasteiger partial charge in [-0.3, -0.25) is 4.79 Å². The highest BCUT2D eigenvalue weighted by molar-refractivity contribution is 14.1. The first-order valence-corrected chi connectivity index (χ1v) is 7.31. The van der Waals surface area contributed by atoms with Crippen LogP contribution in [0.2, 0.25) is 0 Å². The summed E-state index contributed by atoms with van der Waals surface area (Å²) in [5.41, 5.74) is 1.76. The number of carbonyl (C=O) groups excluding carboxylic acids is 1. The second-order valence-corrected chi connectivity index (χ2v) is 5.89. The van der Waals surface area contributed by atoms with Crippen molar-refractivity contribution in [3.63, 3.8) is 0 Å². The highest BCUT2D eigenvalue weighted by Gasteiger charge is 2.09. The predicted molar refractivity (Wildman–Crippen MR) is 84.5 cm³/mol. The Hall–Kier alpha value is -0.880. The van der Waals surface area contributed by atoms with Gasteiger partial charge in [-0.15, -0.1) is 0 Å². The van der Waals surface area contributed by atoms with Gasteiger partial charge >= 0.3 is 0 Å². The van der Waals surface area contributed by atoms with Crippen LogP contribution in [0, 0.1) is 3.57 Å². The third-order valence-corrected chi connectivity index (χ3v) is 3.83. The lowest BCUT2D eigenvalue weighted by atomic mass is 10.2. The quantitative estimate of drug-likeness (QED) is 0.754. The number of amides is 1. The van der Waals surface area contributed by atoms with Crippen molar-refractivity contribution >= 4 is 44.4 Å². The third-order valence-electron chi connectivity index (χ3n) is 2.47. The highest BCUT2D eigenvalue weighted by Crippen LogP contribution is 2.19. The zero-order valence-electron chi connectivity index (χ0n) is 9.49. The van der Waals surface area contributed by atoms with Crippen LogP contribution in [0.4, 0.5) is 0 Å². The third kappa shape index (κ3) is 3.55. The van der Waals surface area contributed by atoms with E-state index in [-0.39, 0.29) is 5.91 Å². The Morgan fingerprint density at radius 1 is 1.17 bits per heavy atom. The Kier molecular flexibility index (Phi) is 4.77. The summed E-state index contributed by atoms with van der Waals surface area (Å²) < 4.78 is 1.86. The molecular weight excluding hydrogens is 405 g/mol. The average Bonchev–Trinajstić information content (AvgIpc) is 2.40. The maximum Gasteiger partial charge on any atom is 0.252 e. The second kappa shape index (κ2) is 6.33. The van der Waals surface area contributed by atoms with Gasteiger partial charge in [0.25, 0.3) is 5.91 Å². The molecule has 0 fully saturated rings. The normalized spacial score (nSPS) is 10.1. The van der Waals surface area contributed by atoms with E-state index in [2.05, 4.69) is 43.8 Å². The lowest BCUT2D eigenvalue weighted by molar-refractivity contribution is 0.0950. The fourth-order valence-electron chi connectivity index (χ4n) is 1.54. The van der Waals surface area contributed by atoms with E-state index in [4.69, 9.17) is 0 Å². The van der Waals surface area contributed by atoms with Crippen molar-refractivity contribution in [2.45, 2.75) is 6.54 Å². The molecule has 0 aromatic heterocycles. The lowest BCUT2D eigenvalue weighted by Crippen LogP contribution is -2.23. The standard InChI is InChI=1S/C14H11BrINO/c15-13-7-6-11(16)8-12(13)14(18)17-9-10-4-2-1-3-5-10/h1-8H,9H2,(H,17,18). The van der Waals surface area contributed by atoms with Crippen LogP contribution in [0.3, 0.4) is 0 Å². The van der Waals surface area contributed by atoms with Crippen LogP contribution in [0.15, 0.2) is 53.0 Å². The molecule has 2 aromatic rings. The van der Waals surface area contributed by atoms with Gasteiger partial charge in [0.2, 0.25) is 0 Å². The molecule has 2 nitrogen and oxygen atoms in total. The van der Waals surface area contributed by atoms with Crippen molar-refractivity contribution < 1.29 is 4.79 Å². The van der Waals surface area contributed by atoms with E-state index < -0.39 is 0 Å². The van der Waals surface area contributed by atoms with Gasteiger partial charge in [0.05, 0.1) is 5.56 Å². The van der Waals surface area contributed by atoms with Gasteiger partial charge < -0.3 is 5.32 Å². The van der Waals surface area contributed by atoms with Gasteiger partial charge in [-0.05, 0) is 62.3 Å².